The minimum atomic E-state index is 0.0714. The van der Waals surface area contributed by atoms with E-state index in [1.807, 2.05) is 25.1 Å². The Bertz CT molecular complexity index is 511. The largest absolute Gasteiger partial charge is 0.348 e. The molecule has 1 aromatic carbocycles. The molecule has 1 N–H and O–H groups in total. The lowest BCUT2D eigenvalue weighted by molar-refractivity contribution is -0.123. The van der Waals surface area contributed by atoms with E-state index in [1.165, 1.54) is 37.4 Å². The van der Waals surface area contributed by atoms with Crippen molar-refractivity contribution in [2.45, 2.75) is 31.8 Å². The highest BCUT2D eigenvalue weighted by atomic mass is 32.2. The first-order chi connectivity index (χ1) is 11.7. The van der Waals surface area contributed by atoms with E-state index in [2.05, 4.69) is 39.0 Å². The summed E-state index contributed by atoms with van der Waals surface area (Å²) in [4.78, 5) is 17.3. The van der Waals surface area contributed by atoms with Gasteiger partial charge in [-0.05, 0) is 25.3 Å². The van der Waals surface area contributed by atoms with Crippen LogP contribution < -0.4 is 5.32 Å². The molecule has 2 saturated heterocycles. The second-order valence-corrected chi connectivity index (χ2v) is 8.08. The lowest BCUT2D eigenvalue weighted by Crippen LogP contribution is -2.49. The van der Waals surface area contributed by atoms with Gasteiger partial charge in [-0.1, -0.05) is 30.3 Å². The third kappa shape index (κ3) is 4.98. The van der Waals surface area contributed by atoms with Gasteiger partial charge in [0.05, 0.1) is 12.6 Å². The maximum atomic E-state index is 12.3. The molecular weight excluding hydrogens is 318 g/mol. The number of nitrogens with one attached hydrogen (secondary N) is 1. The summed E-state index contributed by atoms with van der Waals surface area (Å²) in [7, 11) is 0. The Morgan fingerprint density at radius 2 is 1.83 bits per heavy atom. The number of rotatable bonds is 5. The van der Waals surface area contributed by atoms with Crippen LogP contribution in [-0.2, 0) is 4.79 Å². The van der Waals surface area contributed by atoms with E-state index in [0.717, 1.165) is 24.7 Å². The summed E-state index contributed by atoms with van der Waals surface area (Å²) < 4.78 is 0. The van der Waals surface area contributed by atoms with Crippen molar-refractivity contribution in [3.63, 3.8) is 0 Å². The molecule has 0 radical (unpaired) electrons. The Balaban J connectivity index is 1.40. The lowest BCUT2D eigenvalue weighted by atomic mass is 10.0. The van der Waals surface area contributed by atoms with Gasteiger partial charge >= 0.3 is 0 Å². The zero-order chi connectivity index (χ0) is 16.8. The Morgan fingerprint density at radius 1 is 1.17 bits per heavy atom. The van der Waals surface area contributed by atoms with Crippen molar-refractivity contribution >= 4 is 17.7 Å². The van der Waals surface area contributed by atoms with Crippen LogP contribution in [-0.4, -0.2) is 66.0 Å². The van der Waals surface area contributed by atoms with Gasteiger partial charge in [-0.3, -0.25) is 14.6 Å². The van der Waals surface area contributed by atoms with E-state index in [9.17, 15) is 4.79 Å². The molecule has 4 nitrogen and oxygen atoms in total. The van der Waals surface area contributed by atoms with Crippen molar-refractivity contribution in [1.82, 2.24) is 15.1 Å². The zero-order valence-corrected chi connectivity index (χ0v) is 15.4. The van der Waals surface area contributed by atoms with Crippen molar-refractivity contribution in [3.05, 3.63) is 35.9 Å². The zero-order valence-electron chi connectivity index (χ0n) is 14.6. The molecule has 0 bridgehead atoms. The average Bonchev–Trinajstić information content (AvgIpc) is 2.64. The molecule has 2 aliphatic rings. The number of carbonyl (C=O) groups is 1. The van der Waals surface area contributed by atoms with Crippen LogP contribution >= 0.6 is 11.8 Å². The van der Waals surface area contributed by atoms with Crippen LogP contribution in [0.2, 0.25) is 0 Å². The van der Waals surface area contributed by atoms with E-state index in [1.54, 1.807) is 0 Å². The van der Waals surface area contributed by atoms with Gasteiger partial charge in [-0.25, -0.2) is 0 Å². The van der Waals surface area contributed by atoms with Crippen LogP contribution in [0.15, 0.2) is 30.3 Å². The first-order valence-electron chi connectivity index (χ1n) is 9.11. The summed E-state index contributed by atoms with van der Waals surface area (Å²) in [5.41, 5.74) is 1.16. The van der Waals surface area contributed by atoms with Gasteiger partial charge in [0.1, 0.15) is 0 Å². The maximum Gasteiger partial charge on any atom is 0.234 e. The summed E-state index contributed by atoms with van der Waals surface area (Å²) in [6.45, 7) is 7.14. The van der Waals surface area contributed by atoms with E-state index >= 15 is 0 Å². The first-order valence-corrected chi connectivity index (χ1v) is 10.3. The third-order valence-electron chi connectivity index (χ3n) is 5.16. The molecule has 24 heavy (non-hydrogen) atoms. The predicted octanol–water partition coefficient (Wildman–Crippen LogP) is 2.38. The first kappa shape index (κ1) is 17.8. The molecular formula is C19H29N3OS. The number of thioether (sulfide) groups is 1. The number of amides is 1. The molecule has 0 spiro atoms. The predicted molar refractivity (Wildman–Crippen MR) is 101 cm³/mol. The van der Waals surface area contributed by atoms with Crippen LogP contribution in [0.3, 0.4) is 0 Å². The minimum Gasteiger partial charge on any atom is -0.348 e. The van der Waals surface area contributed by atoms with E-state index in [0.29, 0.717) is 6.54 Å². The standard InChI is InChI=1S/C19H29N3OS/c1-16(17-5-3-2-4-6-17)20-19(23)15-21-9-7-18(8-10-21)22-11-13-24-14-12-22/h2-6,16,18H,7-15H2,1H3,(H,20,23)/t16-/m0/s1. The molecule has 2 heterocycles. The summed E-state index contributed by atoms with van der Waals surface area (Å²) >= 11 is 2.07. The lowest BCUT2D eigenvalue weighted by Gasteiger charge is -2.39. The monoisotopic (exact) mass is 347 g/mol. The van der Waals surface area contributed by atoms with Crippen LogP contribution in [0, 0.1) is 0 Å². The van der Waals surface area contributed by atoms with Gasteiger partial charge in [-0.15, -0.1) is 0 Å². The van der Waals surface area contributed by atoms with Gasteiger partial charge < -0.3 is 5.32 Å². The molecule has 3 rings (SSSR count). The van der Waals surface area contributed by atoms with Gasteiger partial charge in [0.2, 0.25) is 5.91 Å². The average molecular weight is 348 g/mol. The highest BCUT2D eigenvalue weighted by Crippen LogP contribution is 2.20. The number of hydrogen-bond acceptors (Lipinski definition) is 4. The molecule has 5 heteroatoms. The summed E-state index contributed by atoms with van der Waals surface area (Å²) in [5, 5.41) is 3.12. The molecule has 2 aliphatic heterocycles. The summed E-state index contributed by atoms with van der Waals surface area (Å²) in [5.74, 6) is 2.69. The Morgan fingerprint density at radius 3 is 2.50 bits per heavy atom. The van der Waals surface area contributed by atoms with Crippen LogP contribution in [0.1, 0.15) is 31.4 Å². The van der Waals surface area contributed by atoms with Gasteiger partial charge in [0.25, 0.3) is 0 Å². The number of carbonyl (C=O) groups excluding carboxylic acids is 1. The number of benzene rings is 1. The van der Waals surface area contributed by atoms with E-state index in [4.69, 9.17) is 0 Å². The topological polar surface area (TPSA) is 35.6 Å². The van der Waals surface area contributed by atoms with Crippen LogP contribution in [0.5, 0.6) is 0 Å². The SMILES string of the molecule is C[C@H](NC(=O)CN1CCC(N2CCSCC2)CC1)c1ccccc1. The molecule has 0 aliphatic carbocycles. The number of likely N-dealkylation sites (tertiary alicyclic amines) is 1. The van der Waals surface area contributed by atoms with Crippen LogP contribution in [0.4, 0.5) is 0 Å². The van der Waals surface area contributed by atoms with Gasteiger partial charge in [-0.2, -0.15) is 11.8 Å². The molecule has 0 aromatic heterocycles. The van der Waals surface area contributed by atoms with Crippen molar-refractivity contribution in [1.29, 1.82) is 0 Å². The second kappa shape index (κ2) is 8.88. The molecule has 2 fully saturated rings. The normalized spacial score (nSPS) is 22.2. The van der Waals surface area contributed by atoms with E-state index < -0.39 is 0 Å². The third-order valence-corrected chi connectivity index (χ3v) is 6.11. The second-order valence-electron chi connectivity index (χ2n) is 6.86. The van der Waals surface area contributed by atoms with Crippen molar-refractivity contribution in [3.8, 4) is 0 Å². The van der Waals surface area contributed by atoms with E-state index in [-0.39, 0.29) is 11.9 Å². The van der Waals surface area contributed by atoms with Gasteiger partial charge in [0, 0.05) is 43.7 Å². The molecule has 1 aromatic rings. The number of hydrogen-bond donors (Lipinski definition) is 1. The molecule has 1 amide bonds. The summed E-state index contributed by atoms with van der Waals surface area (Å²) in [6.07, 6.45) is 2.40. The molecule has 132 valence electrons. The summed E-state index contributed by atoms with van der Waals surface area (Å²) in [6, 6.07) is 11.0. The fourth-order valence-corrected chi connectivity index (χ4v) is 4.63. The fourth-order valence-electron chi connectivity index (χ4n) is 3.70. The molecule has 0 saturated carbocycles. The van der Waals surface area contributed by atoms with Crippen LogP contribution in [0.25, 0.3) is 0 Å². The van der Waals surface area contributed by atoms with Crippen molar-refractivity contribution < 1.29 is 4.79 Å². The molecule has 0 unspecified atom stereocenters. The van der Waals surface area contributed by atoms with Crippen molar-refractivity contribution in [2.75, 3.05) is 44.2 Å². The Labute approximate surface area is 150 Å². The highest BCUT2D eigenvalue weighted by Gasteiger charge is 2.26. The fraction of sp³-hybridized carbons (Fsp3) is 0.632. The maximum absolute atomic E-state index is 12.3. The minimum absolute atomic E-state index is 0.0714. The highest BCUT2D eigenvalue weighted by molar-refractivity contribution is 7.99. The van der Waals surface area contributed by atoms with Crippen molar-refractivity contribution in [2.24, 2.45) is 0 Å². The Kier molecular flexibility index (Phi) is 6.58. The van der Waals surface area contributed by atoms with Gasteiger partial charge in [0.15, 0.2) is 0 Å². The Hall–Kier alpha value is -1.04. The number of nitrogens with zero attached hydrogens (tertiary/aromatic N) is 2. The molecule has 1 atom stereocenters. The quantitative estimate of drug-likeness (QED) is 0.887. The smallest absolute Gasteiger partial charge is 0.234 e. The number of piperidine rings is 1.